The highest BCUT2D eigenvalue weighted by Crippen LogP contribution is 2.48. The molecular weight excluding hydrogens is 350 g/mol. The molecule has 0 spiro atoms. The van der Waals surface area contributed by atoms with Crippen LogP contribution >= 0.6 is 11.3 Å². The van der Waals surface area contributed by atoms with Gasteiger partial charge in [-0.15, -0.1) is 11.3 Å². The van der Waals surface area contributed by atoms with E-state index < -0.39 is 5.79 Å². The van der Waals surface area contributed by atoms with Crippen LogP contribution in [-0.4, -0.2) is 38.8 Å². The van der Waals surface area contributed by atoms with Gasteiger partial charge in [0.25, 0.3) is 0 Å². The molecule has 5 rings (SSSR count). The molecule has 7 heteroatoms. The molecule has 0 amide bonds. The Kier molecular flexibility index (Phi) is 3.53. The molecule has 4 atom stereocenters. The predicted molar refractivity (Wildman–Crippen MR) is 97.9 cm³/mol. The quantitative estimate of drug-likeness (QED) is 0.662. The second-order valence-electron chi connectivity index (χ2n) is 7.36. The fourth-order valence-electron chi connectivity index (χ4n) is 4.27. The van der Waals surface area contributed by atoms with Crippen LogP contribution in [-0.2, 0) is 14.3 Å². The molecule has 1 aliphatic heterocycles. The summed E-state index contributed by atoms with van der Waals surface area (Å²) < 4.78 is 14.4. The summed E-state index contributed by atoms with van der Waals surface area (Å²) in [7, 11) is 0. The molecule has 2 aliphatic rings. The van der Waals surface area contributed by atoms with Gasteiger partial charge >= 0.3 is 0 Å². The number of thiophene rings is 1. The lowest BCUT2D eigenvalue weighted by Crippen LogP contribution is -2.27. The van der Waals surface area contributed by atoms with E-state index >= 15 is 0 Å². The van der Waals surface area contributed by atoms with Gasteiger partial charge in [0.15, 0.2) is 5.79 Å². The van der Waals surface area contributed by atoms with E-state index in [0.29, 0.717) is 6.42 Å². The first-order valence-electron chi connectivity index (χ1n) is 8.73. The Morgan fingerprint density at radius 1 is 1.35 bits per heavy atom. The number of ether oxygens (including phenoxy) is 2. The van der Waals surface area contributed by atoms with E-state index in [0.717, 1.165) is 22.9 Å². The maximum atomic E-state index is 11.6. The van der Waals surface area contributed by atoms with Crippen molar-refractivity contribution in [3.8, 4) is 10.4 Å². The third-order valence-electron chi connectivity index (χ3n) is 5.29. The number of nitrogens with zero attached hydrogens (tertiary/aromatic N) is 3. The Balaban J connectivity index is 1.64. The van der Waals surface area contributed by atoms with Gasteiger partial charge in [-0.1, -0.05) is 6.07 Å². The van der Waals surface area contributed by atoms with Crippen molar-refractivity contribution in [3.05, 3.63) is 36.2 Å². The summed E-state index contributed by atoms with van der Waals surface area (Å²) in [5.41, 5.74) is 1.98. The summed E-state index contributed by atoms with van der Waals surface area (Å²) in [6.45, 7) is 3.80. The molecule has 1 saturated heterocycles. The number of carbonyl (C=O) groups is 1. The van der Waals surface area contributed by atoms with E-state index in [1.807, 2.05) is 26.1 Å². The molecule has 4 heterocycles. The average Bonchev–Trinajstić information content (AvgIpc) is 3.36. The zero-order valence-corrected chi connectivity index (χ0v) is 15.3. The molecule has 134 valence electrons. The minimum Gasteiger partial charge on any atom is -0.344 e. The number of rotatable bonds is 3. The zero-order valence-electron chi connectivity index (χ0n) is 14.5. The van der Waals surface area contributed by atoms with Crippen molar-refractivity contribution in [1.29, 1.82) is 0 Å². The lowest BCUT2D eigenvalue weighted by atomic mass is 10.1. The van der Waals surface area contributed by atoms with Crippen LogP contribution in [0.3, 0.4) is 0 Å². The van der Waals surface area contributed by atoms with Crippen LogP contribution in [0.5, 0.6) is 0 Å². The minimum atomic E-state index is -0.677. The number of fused-ring (bicyclic) bond motifs is 2. The van der Waals surface area contributed by atoms with E-state index in [4.69, 9.17) is 9.47 Å². The summed E-state index contributed by atoms with van der Waals surface area (Å²) in [5.74, 6) is -0.847. The predicted octanol–water partition coefficient (Wildman–Crippen LogP) is 3.44. The minimum absolute atomic E-state index is 0.00286. The normalized spacial score (nSPS) is 29.9. The van der Waals surface area contributed by atoms with Gasteiger partial charge in [0.2, 0.25) is 0 Å². The van der Waals surface area contributed by atoms with Crippen LogP contribution in [0.1, 0.15) is 26.3 Å². The van der Waals surface area contributed by atoms with E-state index in [1.165, 1.54) is 4.88 Å². The molecule has 3 aromatic rings. The van der Waals surface area contributed by atoms with Gasteiger partial charge in [-0.25, -0.2) is 9.97 Å². The molecule has 2 fully saturated rings. The average molecular weight is 369 g/mol. The molecular formula is C19H19N3O3S. The maximum Gasteiger partial charge on any atom is 0.163 e. The van der Waals surface area contributed by atoms with Crippen molar-refractivity contribution in [2.75, 3.05) is 0 Å². The molecule has 0 radical (unpaired) electrons. The van der Waals surface area contributed by atoms with Crippen LogP contribution < -0.4 is 0 Å². The third kappa shape index (κ3) is 2.35. The van der Waals surface area contributed by atoms with E-state index in [-0.39, 0.29) is 24.2 Å². The molecule has 0 aromatic carbocycles. The highest BCUT2D eigenvalue weighted by atomic mass is 32.1. The molecule has 0 bridgehead atoms. The van der Waals surface area contributed by atoms with Gasteiger partial charge in [-0.05, 0) is 31.7 Å². The van der Waals surface area contributed by atoms with Crippen molar-refractivity contribution in [3.63, 3.8) is 0 Å². The van der Waals surface area contributed by atoms with Gasteiger partial charge in [0, 0.05) is 34.1 Å². The molecule has 0 unspecified atom stereocenters. The Hall–Kier alpha value is -2.09. The second-order valence-corrected chi connectivity index (χ2v) is 8.30. The second kappa shape index (κ2) is 5.70. The molecule has 6 nitrogen and oxygen atoms in total. The SMILES string of the molecule is CC1(C)O[C@@H]2[C@H](O1)[C@@H](C=O)C[C@H]2n1cc(-c2cccs2)c2cncnc21. The Labute approximate surface area is 154 Å². The zero-order chi connectivity index (χ0) is 17.9. The van der Waals surface area contributed by atoms with Crippen molar-refractivity contribution in [2.24, 2.45) is 5.92 Å². The first-order chi connectivity index (χ1) is 12.6. The monoisotopic (exact) mass is 369 g/mol. The topological polar surface area (TPSA) is 66.2 Å². The molecule has 0 N–H and O–H groups in total. The van der Waals surface area contributed by atoms with Gasteiger partial charge in [0.1, 0.15) is 24.4 Å². The van der Waals surface area contributed by atoms with Crippen molar-refractivity contribution >= 4 is 28.7 Å². The molecule has 3 aromatic heterocycles. The molecule has 26 heavy (non-hydrogen) atoms. The smallest absolute Gasteiger partial charge is 0.163 e. The first kappa shape index (κ1) is 16.1. The number of aldehydes is 1. The number of hydrogen-bond donors (Lipinski definition) is 0. The van der Waals surface area contributed by atoms with Gasteiger partial charge in [0.05, 0.1) is 12.1 Å². The van der Waals surface area contributed by atoms with Gasteiger partial charge < -0.3 is 18.8 Å². The van der Waals surface area contributed by atoms with Crippen LogP contribution in [0.15, 0.2) is 36.2 Å². The Morgan fingerprint density at radius 3 is 2.96 bits per heavy atom. The summed E-state index contributed by atoms with van der Waals surface area (Å²) in [6, 6.07) is 4.14. The maximum absolute atomic E-state index is 11.6. The first-order valence-corrected chi connectivity index (χ1v) is 9.61. The molecule has 1 saturated carbocycles. The fraction of sp³-hybridized carbons (Fsp3) is 0.421. The number of aromatic nitrogens is 3. The summed E-state index contributed by atoms with van der Waals surface area (Å²) in [5, 5.41) is 3.08. The Bertz CT molecular complexity index is 966. The Morgan fingerprint density at radius 2 is 2.19 bits per heavy atom. The largest absolute Gasteiger partial charge is 0.344 e. The number of hydrogen-bond acceptors (Lipinski definition) is 6. The van der Waals surface area contributed by atoms with Crippen LogP contribution in [0.2, 0.25) is 0 Å². The van der Waals surface area contributed by atoms with E-state index in [1.54, 1.807) is 17.7 Å². The molecule has 1 aliphatic carbocycles. The van der Waals surface area contributed by atoms with Crippen LogP contribution in [0.25, 0.3) is 21.5 Å². The van der Waals surface area contributed by atoms with E-state index in [9.17, 15) is 4.79 Å². The van der Waals surface area contributed by atoms with Crippen LogP contribution in [0.4, 0.5) is 0 Å². The lowest BCUT2D eigenvalue weighted by Gasteiger charge is -2.23. The third-order valence-corrected chi connectivity index (χ3v) is 6.19. The van der Waals surface area contributed by atoms with Crippen molar-refractivity contribution < 1.29 is 14.3 Å². The van der Waals surface area contributed by atoms with E-state index in [2.05, 4.69) is 32.2 Å². The van der Waals surface area contributed by atoms with Gasteiger partial charge in [-0.3, -0.25) is 0 Å². The summed E-state index contributed by atoms with van der Waals surface area (Å²) in [4.78, 5) is 21.5. The lowest BCUT2D eigenvalue weighted by molar-refractivity contribution is -0.160. The highest BCUT2D eigenvalue weighted by molar-refractivity contribution is 7.13. The summed E-state index contributed by atoms with van der Waals surface area (Å²) in [6.07, 6.45) is 6.85. The number of carbonyl (C=O) groups excluding carboxylic acids is 1. The highest BCUT2D eigenvalue weighted by Gasteiger charge is 2.54. The van der Waals surface area contributed by atoms with Crippen molar-refractivity contribution in [2.45, 2.75) is 44.3 Å². The van der Waals surface area contributed by atoms with Crippen molar-refractivity contribution in [1.82, 2.24) is 14.5 Å². The van der Waals surface area contributed by atoms with Gasteiger partial charge in [-0.2, -0.15) is 0 Å². The summed E-state index contributed by atoms with van der Waals surface area (Å²) >= 11 is 1.69. The standard InChI is InChI=1S/C19H19N3O3S/c1-19(2)24-16-11(9-23)6-14(17(16)25-19)22-8-13(15-4-3-5-26-15)12-7-20-10-21-18(12)22/h3-5,7-11,14,16-17H,6H2,1-2H3/t11-,14-,16-,17+/m1/s1. The van der Waals surface area contributed by atoms with Crippen LogP contribution in [0, 0.1) is 5.92 Å². The fourth-order valence-corrected chi connectivity index (χ4v) is 5.02.